The molecule has 1 aromatic rings. The van der Waals surface area contributed by atoms with Crippen LogP contribution in [0.25, 0.3) is 0 Å². The van der Waals surface area contributed by atoms with Gasteiger partial charge in [0.15, 0.2) is 6.04 Å². The van der Waals surface area contributed by atoms with Crippen LogP contribution in [0.4, 0.5) is 10.1 Å². The lowest BCUT2D eigenvalue weighted by atomic mass is 10.1. The number of nitro benzene ring substituents is 1. The summed E-state index contributed by atoms with van der Waals surface area (Å²) in [6.45, 7) is -0.891. The first-order valence-corrected chi connectivity index (χ1v) is 4.95. The summed E-state index contributed by atoms with van der Waals surface area (Å²) in [7, 11) is 0. The van der Waals surface area contributed by atoms with Crippen molar-refractivity contribution < 1.29 is 29.1 Å². The van der Waals surface area contributed by atoms with Gasteiger partial charge in [0.1, 0.15) is 5.82 Å². The first-order valence-electron chi connectivity index (χ1n) is 4.95. The van der Waals surface area contributed by atoms with E-state index in [0.29, 0.717) is 6.07 Å². The highest BCUT2D eigenvalue weighted by atomic mass is 19.1. The van der Waals surface area contributed by atoms with Gasteiger partial charge in [-0.2, -0.15) is 0 Å². The van der Waals surface area contributed by atoms with Crippen molar-refractivity contribution in [1.82, 2.24) is 5.32 Å². The lowest BCUT2D eigenvalue weighted by Crippen LogP contribution is -2.43. The standard InChI is InChI=1S/C10H9FN2O6/c11-7-2-1-5(13(18)19)3-6(7)9(15)12-8(4-14)10(16)17/h1-3,8,14H,4H2,(H,12,15)(H,16,17). The van der Waals surface area contributed by atoms with Crippen LogP contribution in [-0.4, -0.2) is 39.7 Å². The Balaban J connectivity index is 3.02. The molecular formula is C10H9FN2O6. The second-order valence-corrected chi connectivity index (χ2v) is 3.47. The molecule has 102 valence electrons. The van der Waals surface area contributed by atoms with Gasteiger partial charge in [0.2, 0.25) is 0 Å². The molecule has 0 bridgehead atoms. The molecule has 0 radical (unpaired) electrons. The van der Waals surface area contributed by atoms with Gasteiger partial charge in [-0.3, -0.25) is 14.9 Å². The maximum Gasteiger partial charge on any atom is 0.328 e. The van der Waals surface area contributed by atoms with Gasteiger partial charge in [-0.15, -0.1) is 0 Å². The van der Waals surface area contributed by atoms with Crippen LogP contribution < -0.4 is 5.32 Å². The summed E-state index contributed by atoms with van der Waals surface area (Å²) < 4.78 is 13.3. The van der Waals surface area contributed by atoms with E-state index in [1.165, 1.54) is 0 Å². The quantitative estimate of drug-likeness (QED) is 0.507. The number of hydrogen-bond donors (Lipinski definition) is 3. The number of hydrogen-bond acceptors (Lipinski definition) is 5. The van der Waals surface area contributed by atoms with Crippen LogP contribution in [0.15, 0.2) is 18.2 Å². The number of amides is 1. The molecule has 3 N–H and O–H groups in total. The lowest BCUT2D eigenvalue weighted by molar-refractivity contribution is -0.384. The van der Waals surface area contributed by atoms with Crippen molar-refractivity contribution in [3.8, 4) is 0 Å². The van der Waals surface area contributed by atoms with Gasteiger partial charge < -0.3 is 15.5 Å². The minimum absolute atomic E-state index is 0.512. The highest BCUT2D eigenvalue weighted by Crippen LogP contribution is 2.16. The molecule has 8 nitrogen and oxygen atoms in total. The molecule has 0 aliphatic carbocycles. The molecule has 0 saturated heterocycles. The van der Waals surface area contributed by atoms with E-state index in [0.717, 1.165) is 12.1 Å². The fourth-order valence-corrected chi connectivity index (χ4v) is 1.22. The molecule has 0 spiro atoms. The predicted molar refractivity (Wildman–Crippen MR) is 59.0 cm³/mol. The summed E-state index contributed by atoms with van der Waals surface area (Å²) in [4.78, 5) is 31.8. The Morgan fingerprint density at radius 3 is 2.58 bits per heavy atom. The van der Waals surface area contributed by atoms with Crippen molar-refractivity contribution in [2.75, 3.05) is 6.61 Å². The van der Waals surface area contributed by atoms with E-state index in [2.05, 4.69) is 0 Å². The summed E-state index contributed by atoms with van der Waals surface area (Å²) in [5.74, 6) is -3.71. The zero-order chi connectivity index (χ0) is 14.6. The van der Waals surface area contributed by atoms with E-state index < -0.39 is 46.5 Å². The van der Waals surface area contributed by atoms with Gasteiger partial charge in [-0.05, 0) is 6.07 Å². The van der Waals surface area contributed by atoms with Crippen LogP contribution >= 0.6 is 0 Å². The number of carboxylic acids is 1. The number of nitrogens with one attached hydrogen (secondary N) is 1. The molecule has 19 heavy (non-hydrogen) atoms. The largest absolute Gasteiger partial charge is 0.480 e. The molecule has 1 atom stereocenters. The van der Waals surface area contributed by atoms with Crippen molar-refractivity contribution in [2.45, 2.75) is 6.04 Å². The van der Waals surface area contributed by atoms with Crippen LogP contribution in [0.1, 0.15) is 10.4 Å². The van der Waals surface area contributed by atoms with Gasteiger partial charge in [0, 0.05) is 12.1 Å². The lowest BCUT2D eigenvalue weighted by Gasteiger charge is -2.11. The normalized spacial score (nSPS) is 11.7. The van der Waals surface area contributed by atoms with Crippen molar-refractivity contribution in [1.29, 1.82) is 0 Å². The Hall–Kier alpha value is -2.55. The van der Waals surface area contributed by atoms with Gasteiger partial charge in [0.25, 0.3) is 11.6 Å². The minimum atomic E-state index is -1.62. The van der Waals surface area contributed by atoms with Crippen LogP contribution in [0.3, 0.4) is 0 Å². The molecule has 0 saturated carbocycles. The number of carbonyl (C=O) groups excluding carboxylic acids is 1. The van der Waals surface area contributed by atoms with E-state index >= 15 is 0 Å². The second kappa shape index (κ2) is 5.87. The number of rotatable bonds is 5. The van der Waals surface area contributed by atoms with E-state index in [9.17, 15) is 24.1 Å². The number of carboxylic acid groups (broad SMARTS) is 1. The average Bonchev–Trinajstić information content (AvgIpc) is 2.35. The first kappa shape index (κ1) is 14.5. The third-order valence-electron chi connectivity index (χ3n) is 2.19. The molecule has 1 amide bonds. The first-order chi connectivity index (χ1) is 8.86. The molecule has 1 aromatic carbocycles. The predicted octanol–water partition coefficient (Wildman–Crippen LogP) is -0.0908. The molecule has 0 aliphatic heterocycles. The Morgan fingerprint density at radius 1 is 1.47 bits per heavy atom. The number of nitrogens with zero attached hydrogens (tertiary/aromatic N) is 1. The number of nitro groups is 1. The summed E-state index contributed by atoms with van der Waals surface area (Å²) in [5.41, 5.74) is -1.18. The maximum absolute atomic E-state index is 13.3. The Bertz CT molecular complexity index is 533. The summed E-state index contributed by atoms with van der Waals surface area (Å²) >= 11 is 0. The van der Waals surface area contributed by atoms with Gasteiger partial charge in [-0.1, -0.05) is 0 Å². The molecule has 0 aromatic heterocycles. The Labute approximate surface area is 105 Å². The molecule has 1 rings (SSSR count). The van der Waals surface area contributed by atoms with Crippen molar-refractivity contribution in [3.05, 3.63) is 39.7 Å². The number of aliphatic carboxylic acids is 1. The van der Waals surface area contributed by atoms with Crippen molar-refractivity contribution in [3.63, 3.8) is 0 Å². The molecule has 1 unspecified atom stereocenters. The topological polar surface area (TPSA) is 130 Å². The number of halogens is 1. The van der Waals surface area contributed by atoms with Crippen LogP contribution in [0, 0.1) is 15.9 Å². The molecule has 0 fully saturated rings. The fraction of sp³-hybridized carbons (Fsp3) is 0.200. The summed E-state index contributed by atoms with van der Waals surface area (Å²) in [6, 6.07) is 0.654. The van der Waals surface area contributed by atoms with Crippen LogP contribution in [-0.2, 0) is 4.79 Å². The molecule has 0 aliphatic rings. The van der Waals surface area contributed by atoms with Gasteiger partial charge in [0.05, 0.1) is 17.1 Å². The van der Waals surface area contributed by atoms with E-state index in [4.69, 9.17) is 10.2 Å². The van der Waals surface area contributed by atoms with Crippen LogP contribution in [0.2, 0.25) is 0 Å². The van der Waals surface area contributed by atoms with Gasteiger partial charge >= 0.3 is 5.97 Å². The van der Waals surface area contributed by atoms with E-state index in [1.807, 2.05) is 5.32 Å². The number of carbonyl (C=O) groups is 2. The number of aliphatic hydroxyl groups is 1. The maximum atomic E-state index is 13.3. The Kier molecular flexibility index (Phi) is 4.48. The average molecular weight is 272 g/mol. The third-order valence-corrected chi connectivity index (χ3v) is 2.19. The fourth-order valence-electron chi connectivity index (χ4n) is 1.22. The number of benzene rings is 1. The summed E-state index contributed by atoms with van der Waals surface area (Å²) in [5, 5.41) is 29.6. The highest BCUT2D eigenvalue weighted by molar-refractivity contribution is 5.97. The zero-order valence-corrected chi connectivity index (χ0v) is 9.37. The molecule has 0 heterocycles. The van der Waals surface area contributed by atoms with Crippen LogP contribution in [0.5, 0.6) is 0 Å². The smallest absolute Gasteiger partial charge is 0.328 e. The van der Waals surface area contributed by atoms with E-state index in [-0.39, 0.29) is 0 Å². The number of non-ortho nitro benzene ring substituents is 1. The Morgan fingerprint density at radius 2 is 2.11 bits per heavy atom. The monoisotopic (exact) mass is 272 g/mol. The SMILES string of the molecule is O=C(NC(CO)C(=O)O)c1cc([N+](=O)[O-])ccc1F. The highest BCUT2D eigenvalue weighted by Gasteiger charge is 2.23. The number of aliphatic hydroxyl groups excluding tert-OH is 1. The molecular weight excluding hydrogens is 263 g/mol. The third kappa shape index (κ3) is 3.45. The second-order valence-electron chi connectivity index (χ2n) is 3.47. The summed E-state index contributed by atoms with van der Waals surface area (Å²) in [6.07, 6.45) is 0. The molecule has 9 heteroatoms. The minimum Gasteiger partial charge on any atom is -0.480 e. The van der Waals surface area contributed by atoms with E-state index in [1.54, 1.807) is 0 Å². The van der Waals surface area contributed by atoms with Gasteiger partial charge in [-0.25, -0.2) is 9.18 Å². The van der Waals surface area contributed by atoms with Crippen molar-refractivity contribution in [2.24, 2.45) is 0 Å². The zero-order valence-electron chi connectivity index (χ0n) is 9.37. The van der Waals surface area contributed by atoms with Crippen molar-refractivity contribution >= 4 is 17.6 Å².